The Morgan fingerprint density at radius 2 is 2.11 bits per heavy atom. The zero-order valence-corrected chi connectivity index (χ0v) is 11.8. The van der Waals surface area contributed by atoms with Gasteiger partial charge in [-0.1, -0.05) is 6.92 Å². The smallest absolute Gasteiger partial charge is 0.325 e. The van der Waals surface area contributed by atoms with Crippen molar-refractivity contribution >= 4 is 5.97 Å². The molecule has 0 aromatic rings. The van der Waals surface area contributed by atoms with Crippen LogP contribution in [0.5, 0.6) is 0 Å². The van der Waals surface area contributed by atoms with Crippen LogP contribution in [0, 0.1) is 5.92 Å². The first kappa shape index (κ1) is 13.8. The maximum Gasteiger partial charge on any atom is 0.325 e. The Bertz CT molecular complexity index is 321. The zero-order chi connectivity index (χ0) is 13.3. The van der Waals surface area contributed by atoms with Gasteiger partial charge in [0.25, 0.3) is 0 Å². The Kier molecular flexibility index (Phi) is 3.97. The summed E-state index contributed by atoms with van der Waals surface area (Å²) in [6, 6.07) is 1.07. The van der Waals surface area contributed by atoms with Crippen LogP contribution in [0.2, 0.25) is 0 Å². The number of nitrogens with two attached hydrogens (primary N) is 1. The standard InChI is InChI=1S/C14H26N2O2/c1-10-5-7-16(11(2)8-10)12-4-6-14(15,9-12)13(17)18-3/h10-12H,4-9,15H2,1-3H3. The molecule has 104 valence electrons. The van der Waals surface area contributed by atoms with Gasteiger partial charge in [-0.05, 0) is 51.5 Å². The van der Waals surface area contributed by atoms with Gasteiger partial charge in [-0.3, -0.25) is 9.69 Å². The molecule has 0 bridgehead atoms. The lowest BCUT2D eigenvalue weighted by Crippen LogP contribution is -2.50. The number of hydrogen-bond acceptors (Lipinski definition) is 4. The van der Waals surface area contributed by atoms with Crippen molar-refractivity contribution in [2.75, 3.05) is 13.7 Å². The van der Waals surface area contributed by atoms with E-state index in [0.717, 1.165) is 31.7 Å². The fourth-order valence-electron chi connectivity index (χ4n) is 3.69. The predicted octanol–water partition coefficient (Wildman–Crippen LogP) is 1.53. The van der Waals surface area contributed by atoms with E-state index in [-0.39, 0.29) is 5.97 Å². The molecule has 1 aliphatic carbocycles. The summed E-state index contributed by atoms with van der Waals surface area (Å²) in [5.41, 5.74) is 5.43. The van der Waals surface area contributed by atoms with Crippen LogP contribution in [0.4, 0.5) is 0 Å². The number of nitrogens with zero attached hydrogens (tertiary/aromatic N) is 1. The fourth-order valence-corrected chi connectivity index (χ4v) is 3.69. The van der Waals surface area contributed by atoms with Gasteiger partial charge in [0.1, 0.15) is 5.54 Å². The lowest BCUT2D eigenvalue weighted by Gasteiger charge is -2.40. The van der Waals surface area contributed by atoms with Gasteiger partial charge in [0.15, 0.2) is 0 Å². The molecule has 2 rings (SSSR count). The molecule has 1 heterocycles. The van der Waals surface area contributed by atoms with Crippen LogP contribution in [-0.4, -0.2) is 42.1 Å². The van der Waals surface area contributed by atoms with Crippen molar-refractivity contribution < 1.29 is 9.53 Å². The van der Waals surface area contributed by atoms with Crippen molar-refractivity contribution in [3.05, 3.63) is 0 Å². The highest BCUT2D eigenvalue weighted by Crippen LogP contribution is 2.36. The van der Waals surface area contributed by atoms with Gasteiger partial charge in [0.05, 0.1) is 7.11 Å². The summed E-state index contributed by atoms with van der Waals surface area (Å²) in [5.74, 6) is 0.573. The monoisotopic (exact) mass is 254 g/mol. The van der Waals surface area contributed by atoms with Crippen molar-refractivity contribution in [2.24, 2.45) is 11.7 Å². The Labute approximate surface area is 110 Å². The number of likely N-dealkylation sites (tertiary alicyclic amines) is 1. The van der Waals surface area contributed by atoms with E-state index in [0.29, 0.717) is 12.1 Å². The van der Waals surface area contributed by atoms with Crippen molar-refractivity contribution in [3.63, 3.8) is 0 Å². The molecule has 0 radical (unpaired) electrons. The normalized spacial score (nSPS) is 41.9. The van der Waals surface area contributed by atoms with Crippen LogP contribution < -0.4 is 5.73 Å². The van der Waals surface area contributed by atoms with Crippen molar-refractivity contribution in [1.82, 2.24) is 4.90 Å². The topological polar surface area (TPSA) is 55.6 Å². The van der Waals surface area contributed by atoms with Gasteiger partial charge in [-0.25, -0.2) is 0 Å². The van der Waals surface area contributed by atoms with Gasteiger partial charge in [0, 0.05) is 12.1 Å². The van der Waals surface area contributed by atoms with Crippen molar-refractivity contribution in [1.29, 1.82) is 0 Å². The number of piperidine rings is 1. The summed E-state index contributed by atoms with van der Waals surface area (Å²) in [4.78, 5) is 14.3. The number of hydrogen-bond donors (Lipinski definition) is 1. The largest absolute Gasteiger partial charge is 0.468 e. The van der Waals surface area contributed by atoms with E-state index in [4.69, 9.17) is 10.5 Å². The molecular formula is C14H26N2O2. The van der Waals surface area contributed by atoms with Crippen molar-refractivity contribution in [3.8, 4) is 0 Å². The van der Waals surface area contributed by atoms with E-state index in [1.165, 1.54) is 20.0 Å². The Balaban J connectivity index is 1.98. The summed E-state index contributed by atoms with van der Waals surface area (Å²) in [6.45, 7) is 5.76. The van der Waals surface area contributed by atoms with E-state index < -0.39 is 5.54 Å². The van der Waals surface area contributed by atoms with Crippen LogP contribution >= 0.6 is 0 Å². The second kappa shape index (κ2) is 5.17. The number of rotatable bonds is 2. The number of carbonyl (C=O) groups is 1. The lowest BCUT2D eigenvalue weighted by atomic mass is 9.91. The number of methoxy groups -OCH3 is 1. The molecule has 1 aliphatic heterocycles. The third kappa shape index (κ3) is 2.54. The molecule has 4 heteroatoms. The minimum absolute atomic E-state index is 0.247. The van der Waals surface area contributed by atoms with Gasteiger partial charge in [0.2, 0.25) is 0 Å². The average Bonchev–Trinajstić information content (AvgIpc) is 2.72. The van der Waals surface area contributed by atoms with E-state index >= 15 is 0 Å². The van der Waals surface area contributed by atoms with E-state index in [1.807, 2.05) is 0 Å². The second-order valence-electron chi connectivity index (χ2n) is 6.26. The van der Waals surface area contributed by atoms with E-state index in [9.17, 15) is 4.79 Å². The highest BCUT2D eigenvalue weighted by atomic mass is 16.5. The lowest BCUT2D eigenvalue weighted by molar-refractivity contribution is -0.147. The first-order valence-corrected chi connectivity index (χ1v) is 7.09. The molecule has 1 saturated heterocycles. The SMILES string of the molecule is COC(=O)C1(N)CCC(N2CCC(C)CC2C)C1. The first-order chi connectivity index (χ1) is 8.46. The molecule has 0 spiro atoms. The Morgan fingerprint density at radius 1 is 1.39 bits per heavy atom. The average molecular weight is 254 g/mol. The molecular weight excluding hydrogens is 228 g/mol. The maximum absolute atomic E-state index is 11.7. The number of ether oxygens (including phenoxy) is 1. The van der Waals surface area contributed by atoms with Gasteiger partial charge in [-0.15, -0.1) is 0 Å². The summed E-state index contributed by atoms with van der Waals surface area (Å²) in [6.07, 6.45) is 5.04. The first-order valence-electron chi connectivity index (χ1n) is 7.09. The third-order valence-electron chi connectivity index (χ3n) is 4.77. The summed E-state index contributed by atoms with van der Waals surface area (Å²) < 4.78 is 4.83. The van der Waals surface area contributed by atoms with Gasteiger partial charge in [-0.2, -0.15) is 0 Å². The van der Waals surface area contributed by atoms with Crippen LogP contribution in [0.15, 0.2) is 0 Å². The summed E-state index contributed by atoms with van der Waals surface area (Å²) in [5, 5.41) is 0. The molecule has 0 aromatic carbocycles. The maximum atomic E-state index is 11.7. The minimum Gasteiger partial charge on any atom is -0.468 e. The molecule has 0 aromatic heterocycles. The molecule has 4 atom stereocenters. The molecule has 4 nitrogen and oxygen atoms in total. The van der Waals surface area contributed by atoms with Crippen LogP contribution in [0.25, 0.3) is 0 Å². The van der Waals surface area contributed by atoms with Gasteiger partial charge >= 0.3 is 5.97 Å². The van der Waals surface area contributed by atoms with Gasteiger partial charge < -0.3 is 10.5 Å². The molecule has 18 heavy (non-hydrogen) atoms. The highest BCUT2D eigenvalue weighted by molar-refractivity contribution is 5.81. The highest BCUT2D eigenvalue weighted by Gasteiger charge is 2.45. The van der Waals surface area contributed by atoms with Crippen LogP contribution in [0.1, 0.15) is 46.0 Å². The molecule has 2 N–H and O–H groups in total. The summed E-state index contributed by atoms with van der Waals surface area (Å²) >= 11 is 0. The molecule has 4 unspecified atom stereocenters. The molecule has 1 saturated carbocycles. The Hall–Kier alpha value is -0.610. The predicted molar refractivity (Wildman–Crippen MR) is 71.1 cm³/mol. The number of carbonyl (C=O) groups excluding carboxylic acids is 1. The summed E-state index contributed by atoms with van der Waals surface area (Å²) in [7, 11) is 1.43. The third-order valence-corrected chi connectivity index (χ3v) is 4.77. The van der Waals surface area contributed by atoms with E-state index in [2.05, 4.69) is 18.7 Å². The quantitative estimate of drug-likeness (QED) is 0.759. The van der Waals surface area contributed by atoms with Crippen LogP contribution in [0.3, 0.4) is 0 Å². The van der Waals surface area contributed by atoms with E-state index in [1.54, 1.807) is 0 Å². The fraction of sp³-hybridized carbons (Fsp3) is 0.929. The minimum atomic E-state index is -0.748. The van der Waals surface area contributed by atoms with Crippen LogP contribution in [-0.2, 0) is 9.53 Å². The second-order valence-corrected chi connectivity index (χ2v) is 6.26. The molecule has 0 amide bonds. The molecule has 2 fully saturated rings. The van der Waals surface area contributed by atoms with Crippen molar-refractivity contribution in [2.45, 2.75) is 63.6 Å². The zero-order valence-electron chi connectivity index (χ0n) is 11.8. The molecule has 2 aliphatic rings. The Morgan fingerprint density at radius 3 is 2.72 bits per heavy atom. The number of esters is 1.